The molecule has 1 aromatic heterocycles. The van der Waals surface area contributed by atoms with E-state index in [2.05, 4.69) is 20.9 Å². The number of thiazole rings is 1. The second-order valence-corrected chi connectivity index (χ2v) is 6.07. The van der Waals surface area contributed by atoms with Crippen LogP contribution in [0.1, 0.15) is 22.4 Å². The summed E-state index contributed by atoms with van der Waals surface area (Å²) in [5.74, 6) is 0.0753. The quantitative estimate of drug-likeness (QED) is 0.864. The first-order valence-electron chi connectivity index (χ1n) is 6.16. The number of carboxylic acid groups (broad SMARTS) is 1. The maximum absolute atomic E-state index is 11.4. The molecule has 0 atom stereocenters. The van der Waals surface area contributed by atoms with Crippen molar-refractivity contribution in [2.45, 2.75) is 13.3 Å². The number of rotatable bonds is 5. The highest BCUT2D eigenvalue weighted by Crippen LogP contribution is 2.41. The van der Waals surface area contributed by atoms with Crippen LogP contribution < -0.4 is 9.47 Å². The van der Waals surface area contributed by atoms with Gasteiger partial charge in [0, 0.05) is 10.0 Å². The van der Waals surface area contributed by atoms with Crippen molar-refractivity contribution in [1.29, 1.82) is 0 Å². The molecule has 112 valence electrons. The molecule has 0 amide bonds. The molecule has 5 nitrogen and oxygen atoms in total. The molecule has 0 unspecified atom stereocenters. The minimum absolute atomic E-state index is 0.0600. The van der Waals surface area contributed by atoms with Crippen LogP contribution in [0, 0.1) is 0 Å². The Morgan fingerprint density at radius 2 is 1.95 bits per heavy atom. The third-order valence-corrected chi connectivity index (χ3v) is 4.78. The SMILES string of the molecule is CCc1nc(C(=O)O)c(-c2cc(OC)c(OC)cc2Br)s1. The van der Waals surface area contributed by atoms with Crippen LogP contribution in [-0.4, -0.2) is 30.3 Å². The Morgan fingerprint density at radius 1 is 1.33 bits per heavy atom. The van der Waals surface area contributed by atoms with E-state index in [1.165, 1.54) is 18.4 Å². The molecule has 21 heavy (non-hydrogen) atoms. The van der Waals surface area contributed by atoms with Crippen LogP contribution >= 0.6 is 27.3 Å². The molecule has 2 aromatic rings. The van der Waals surface area contributed by atoms with Gasteiger partial charge in [0.25, 0.3) is 0 Å². The Labute approximate surface area is 134 Å². The van der Waals surface area contributed by atoms with Gasteiger partial charge < -0.3 is 14.6 Å². The van der Waals surface area contributed by atoms with Crippen molar-refractivity contribution >= 4 is 33.2 Å². The maximum atomic E-state index is 11.4. The van der Waals surface area contributed by atoms with Gasteiger partial charge in [-0.2, -0.15) is 0 Å². The summed E-state index contributed by atoms with van der Waals surface area (Å²) in [6.07, 6.45) is 0.690. The molecule has 7 heteroatoms. The zero-order valence-electron chi connectivity index (χ0n) is 11.8. The Bertz CT molecular complexity index is 684. The highest BCUT2D eigenvalue weighted by atomic mass is 79.9. The summed E-state index contributed by atoms with van der Waals surface area (Å²) in [6.45, 7) is 1.94. The minimum atomic E-state index is -1.04. The van der Waals surface area contributed by atoms with Crippen LogP contribution in [0.5, 0.6) is 11.5 Å². The molecule has 0 spiro atoms. The molecular formula is C14H14BrNO4S. The number of carbonyl (C=O) groups is 1. The van der Waals surface area contributed by atoms with E-state index in [-0.39, 0.29) is 5.69 Å². The normalized spacial score (nSPS) is 10.5. The van der Waals surface area contributed by atoms with Gasteiger partial charge in [0.1, 0.15) is 0 Å². The Balaban J connectivity index is 2.66. The third-order valence-electron chi connectivity index (χ3n) is 2.89. The Morgan fingerprint density at radius 3 is 2.48 bits per heavy atom. The van der Waals surface area contributed by atoms with Gasteiger partial charge in [0.15, 0.2) is 17.2 Å². The van der Waals surface area contributed by atoms with Crippen molar-refractivity contribution in [2.24, 2.45) is 0 Å². The van der Waals surface area contributed by atoms with Crippen molar-refractivity contribution in [3.05, 3.63) is 27.3 Å². The topological polar surface area (TPSA) is 68.7 Å². The lowest BCUT2D eigenvalue weighted by Crippen LogP contribution is -2.00. The summed E-state index contributed by atoms with van der Waals surface area (Å²) in [4.78, 5) is 16.2. The zero-order chi connectivity index (χ0) is 15.6. The fourth-order valence-electron chi connectivity index (χ4n) is 1.87. The fourth-order valence-corrected chi connectivity index (χ4v) is 3.55. The highest BCUT2D eigenvalue weighted by molar-refractivity contribution is 9.10. The molecule has 0 saturated heterocycles. The fraction of sp³-hybridized carbons (Fsp3) is 0.286. The van der Waals surface area contributed by atoms with Crippen molar-refractivity contribution in [1.82, 2.24) is 4.98 Å². The van der Waals surface area contributed by atoms with Gasteiger partial charge >= 0.3 is 5.97 Å². The molecule has 2 rings (SSSR count). The van der Waals surface area contributed by atoms with Crippen molar-refractivity contribution < 1.29 is 19.4 Å². The Kier molecular flexibility index (Phi) is 4.84. The molecule has 0 bridgehead atoms. The smallest absolute Gasteiger partial charge is 0.356 e. The van der Waals surface area contributed by atoms with Crippen molar-refractivity contribution in [2.75, 3.05) is 14.2 Å². The number of aromatic carboxylic acids is 1. The lowest BCUT2D eigenvalue weighted by Gasteiger charge is -2.11. The number of methoxy groups -OCH3 is 2. The van der Waals surface area contributed by atoms with E-state index in [1.807, 2.05) is 6.92 Å². The van der Waals surface area contributed by atoms with Gasteiger partial charge in [0.2, 0.25) is 0 Å². The number of aromatic nitrogens is 1. The van der Waals surface area contributed by atoms with Crippen LogP contribution in [0.2, 0.25) is 0 Å². The van der Waals surface area contributed by atoms with Gasteiger partial charge in [0.05, 0.1) is 24.1 Å². The number of carboxylic acids is 1. The predicted molar refractivity (Wildman–Crippen MR) is 84.7 cm³/mol. The van der Waals surface area contributed by atoms with Gasteiger partial charge in [-0.25, -0.2) is 9.78 Å². The first-order valence-corrected chi connectivity index (χ1v) is 7.77. The molecule has 0 radical (unpaired) electrons. The second-order valence-electron chi connectivity index (χ2n) is 4.13. The Hall–Kier alpha value is -1.60. The summed E-state index contributed by atoms with van der Waals surface area (Å²) in [5, 5.41) is 10.1. The van der Waals surface area contributed by atoms with E-state index >= 15 is 0 Å². The van der Waals surface area contributed by atoms with Crippen molar-refractivity contribution in [3.63, 3.8) is 0 Å². The highest BCUT2D eigenvalue weighted by Gasteiger charge is 2.21. The molecule has 0 aliphatic heterocycles. The molecule has 1 aromatic carbocycles. The van der Waals surface area contributed by atoms with Crippen molar-refractivity contribution in [3.8, 4) is 21.9 Å². The molecule has 1 N–H and O–H groups in total. The zero-order valence-corrected chi connectivity index (χ0v) is 14.2. The maximum Gasteiger partial charge on any atom is 0.356 e. The predicted octanol–water partition coefficient (Wildman–Crippen LogP) is 3.85. The monoisotopic (exact) mass is 371 g/mol. The summed E-state index contributed by atoms with van der Waals surface area (Å²) in [7, 11) is 3.09. The van der Waals surface area contributed by atoms with E-state index in [4.69, 9.17) is 9.47 Å². The van der Waals surface area contributed by atoms with Crippen LogP contribution in [0.25, 0.3) is 10.4 Å². The number of aryl methyl sites for hydroxylation is 1. The summed E-state index contributed by atoms with van der Waals surface area (Å²) < 4.78 is 11.2. The van der Waals surface area contributed by atoms with E-state index < -0.39 is 5.97 Å². The third kappa shape index (κ3) is 3.03. The number of benzene rings is 1. The van der Waals surface area contributed by atoms with Crippen LogP contribution in [-0.2, 0) is 6.42 Å². The molecule has 0 fully saturated rings. The summed E-state index contributed by atoms with van der Waals surface area (Å²) >= 11 is 4.82. The number of hydrogen-bond donors (Lipinski definition) is 1. The van der Waals surface area contributed by atoms with Gasteiger partial charge in [-0.1, -0.05) is 6.92 Å². The molecule has 1 heterocycles. The summed E-state index contributed by atoms with van der Waals surface area (Å²) in [5.41, 5.74) is 0.784. The molecule has 0 aliphatic rings. The standard InChI is InChI=1S/C14H14BrNO4S/c1-4-11-16-12(14(17)18)13(21-11)7-5-9(19-2)10(20-3)6-8(7)15/h5-6H,4H2,1-3H3,(H,17,18). The van der Waals surface area contributed by atoms with Crippen LogP contribution in [0.4, 0.5) is 0 Å². The largest absolute Gasteiger partial charge is 0.493 e. The van der Waals surface area contributed by atoms with E-state index in [9.17, 15) is 9.90 Å². The first-order chi connectivity index (χ1) is 10.0. The number of hydrogen-bond acceptors (Lipinski definition) is 5. The van der Waals surface area contributed by atoms with Crippen LogP contribution in [0.15, 0.2) is 16.6 Å². The van der Waals surface area contributed by atoms with E-state index in [0.717, 1.165) is 15.0 Å². The lowest BCUT2D eigenvalue weighted by atomic mass is 10.1. The van der Waals surface area contributed by atoms with E-state index in [1.54, 1.807) is 19.2 Å². The summed E-state index contributed by atoms with van der Waals surface area (Å²) in [6, 6.07) is 3.51. The number of ether oxygens (including phenoxy) is 2. The minimum Gasteiger partial charge on any atom is -0.493 e. The number of nitrogens with zero attached hydrogens (tertiary/aromatic N) is 1. The van der Waals surface area contributed by atoms with Gasteiger partial charge in [-0.05, 0) is 34.5 Å². The lowest BCUT2D eigenvalue weighted by molar-refractivity contribution is 0.0692. The van der Waals surface area contributed by atoms with E-state index in [0.29, 0.717) is 22.8 Å². The molecule has 0 aliphatic carbocycles. The molecular weight excluding hydrogens is 358 g/mol. The van der Waals surface area contributed by atoms with Gasteiger partial charge in [-0.3, -0.25) is 0 Å². The second kappa shape index (κ2) is 6.44. The number of halogens is 1. The average Bonchev–Trinajstić information content (AvgIpc) is 2.91. The first kappa shape index (κ1) is 15.8. The van der Waals surface area contributed by atoms with Gasteiger partial charge in [-0.15, -0.1) is 11.3 Å². The average molecular weight is 372 g/mol. The molecule has 0 saturated carbocycles. The van der Waals surface area contributed by atoms with Crippen LogP contribution in [0.3, 0.4) is 0 Å².